The number of hydrazone groups is 1. The van der Waals surface area contributed by atoms with Crippen LogP contribution in [0, 0.1) is 6.92 Å². The van der Waals surface area contributed by atoms with Crippen molar-refractivity contribution in [2.75, 3.05) is 13.2 Å². The molecule has 0 unspecified atom stereocenters. The van der Waals surface area contributed by atoms with Crippen LogP contribution in [0.2, 0.25) is 0 Å². The van der Waals surface area contributed by atoms with Gasteiger partial charge < -0.3 is 30.9 Å². The van der Waals surface area contributed by atoms with Gasteiger partial charge in [0, 0.05) is 23.4 Å². The lowest BCUT2D eigenvalue weighted by atomic mass is 10.2. The van der Waals surface area contributed by atoms with Crippen molar-refractivity contribution in [3.8, 4) is 28.9 Å². The van der Waals surface area contributed by atoms with Crippen LogP contribution >= 0.6 is 0 Å². The third-order valence-electron chi connectivity index (χ3n) is 4.51. The second kappa shape index (κ2) is 12.9. The molecule has 3 rings (SSSR count). The molecule has 0 aliphatic heterocycles. The smallest absolute Gasteiger partial charge is 0.219 e. The first kappa shape index (κ1) is 25.5. The first-order chi connectivity index (χ1) is 15.9. The molecule has 0 radical (unpaired) electrons. The summed E-state index contributed by atoms with van der Waals surface area (Å²) >= 11 is 0. The van der Waals surface area contributed by atoms with Crippen LogP contribution in [0.5, 0.6) is 28.9 Å². The highest BCUT2D eigenvalue weighted by Gasteiger charge is 2.11. The lowest BCUT2D eigenvalue weighted by Gasteiger charge is -2.14. The quantitative estimate of drug-likeness (QED) is 0.261. The summed E-state index contributed by atoms with van der Waals surface area (Å²) < 4.78 is 17.2. The van der Waals surface area contributed by atoms with Crippen LogP contribution in [-0.2, 0) is 6.61 Å². The maximum Gasteiger partial charge on any atom is 0.219 e. The lowest BCUT2D eigenvalue weighted by molar-refractivity contribution is 0.293. The number of nitrogens with zero attached hydrogens (tertiary/aromatic N) is 2. The number of nitrogens with two attached hydrogens (primary N) is 2. The number of hydrogen-bond donors (Lipinski definition) is 3. The van der Waals surface area contributed by atoms with Crippen LogP contribution in [0.25, 0.3) is 0 Å². The van der Waals surface area contributed by atoms with Crippen molar-refractivity contribution in [1.82, 2.24) is 4.98 Å². The van der Waals surface area contributed by atoms with Gasteiger partial charge in [-0.25, -0.2) is 4.98 Å². The van der Waals surface area contributed by atoms with E-state index in [2.05, 4.69) is 10.1 Å². The fraction of sp³-hybridized carbons (Fsp3) is 0.280. The van der Waals surface area contributed by atoms with E-state index in [-0.39, 0.29) is 5.75 Å². The number of aromatic nitrogens is 1. The zero-order valence-corrected chi connectivity index (χ0v) is 19.5. The summed E-state index contributed by atoms with van der Waals surface area (Å²) in [4.78, 5) is 4.23. The average molecular weight is 453 g/mol. The first-order valence-corrected chi connectivity index (χ1v) is 10.7. The van der Waals surface area contributed by atoms with Gasteiger partial charge in [-0.3, -0.25) is 0 Å². The second-order valence-electron chi connectivity index (χ2n) is 7.01. The number of phenols is 1. The van der Waals surface area contributed by atoms with Crippen molar-refractivity contribution in [2.24, 2.45) is 16.7 Å². The molecule has 1 heterocycles. The zero-order valence-electron chi connectivity index (χ0n) is 19.5. The van der Waals surface area contributed by atoms with E-state index < -0.39 is 0 Å². The average Bonchev–Trinajstić information content (AvgIpc) is 2.82. The van der Waals surface area contributed by atoms with Crippen LogP contribution in [0.3, 0.4) is 0 Å². The number of benzene rings is 2. The lowest BCUT2D eigenvalue weighted by Crippen LogP contribution is -2.00. The molecule has 0 fully saturated rings. The van der Waals surface area contributed by atoms with Crippen molar-refractivity contribution in [2.45, 2.75) is 34.3 Å². The van der Waals surface area contributed by atoms with Gasteiger partial charge in [0.2, 0.25) is 5.88 Å². The third-order valence-corrected chi connectivity index (χ3v) is 4.51. The first-order valence-electron chi connectivity index (χ1n) is 10.7. The Bertz CT molecular complexity index is 1070. The Balaban J connectivity index is 0.00000122. The molecular formula is C25H32N4O4. The summed E-state index contributed by atoms with van der Waals surface area (Å²) in [6.07, 6.45) is 1.65. The van der Waals surface area contributed by atoms with Gasteiger partial charge in [-0.15, -0.1) is 0 Å². The fourth-order valence-corrected chi connectivity index (χ4v) is 2.83. The van der Waals surface area contributed by atoms with Crippen LogP contribution < -0.4 is 25.8 Å². The molecule has 0 atom stereocenters. The van der Waals surface area contributed by atoms with Crippen molar-refractivity contribution in [3.05, 3.63) is 71.4 Å². The Morgan fingerprint density at radius 2 is 1.79 bits per heavy atom. The fourth-order valence-electron chi connectivity index (χ4n) is 2.83. The highest BCUT2D eigenvalue weighted by molar-refractivity contribution is 5.98. The minimum atomic E-state index is 0.0914. The number of aromatic hydroxyl groups is 1. The number of rotatable bonds is 8. The second-order valence-corrected chi connectivity index (χ2v) is 7.01. The third kappa shape index (κ3) is 7.40. The molecule has 8 heteroatoms. The topological polar surface area (TPSA) is 125 Å². The maximum atomic E-state index is 10.2. The molecule has 0 saturated heterocycles. The molecule has 0 bridgehead atoms. The van der Waals surface area contributed by atoms with Gasteiger partial charge in [-0.1, -0.05) is 19.1 Å². The van der Waals surface area contributed by atoms with E-state index in [0.717, 1.165) is 17.7 Å². The molecule has 5 N–H and O–H groups in total. The van der Waals surface area contributed by atoms with Crippen molar-refractivity contribution < 1.29 is 19.3 Å². The minimum absolute atomic E-state index is 0.0914. The predicted octanol–water partition coefficient (Wildman–Crippen LogP) is 4.51. The molecule has 0 amide bonds. The molecular weight excluding hydrogens is 420 g/mol. The maximum absolute atomic E-state index is 10.2. The zero-order chi connectivity index (χ0) is 24.2. The number of ether oxygens (including phenoxy) is 3. The molecule has 176 valence electrons. The number of hydrogen-bond acceptors (Lipinski definition) is 8. The summed E-state index contributed by atoms with van der Waals surface area (Å²) in [6, 6.07) is 14.6. The summed E-state index contributed by atoms with van der Waals surface area (Å²) in [5.74, 6) is 7.55. The summed E-state index contributed by atoms with van der Waals surface area (Å²) in [7, 11) is 0. The standard InChI is InChI=1S/C23H25N3O4.C2H7N/c1-4-28-21-9-8-20(15(2)23(21)27)29-14-17-6-5-7-19(12-17)30-22-13-18(10-11-25-22)16(3)26-24;1-2-3/h5-13,27H,4,14,24H2,1-3H3;2-3H2,1H3/b26-16+;. The van der Waals surface area contributed by atoms with Crippen LogP contribution in [0.1, 0.15) is 37.5 Å². The van der Waals surface area contributed by atoms with E-state index in [0.29, 0.717) is 47.6 Å². The Labute approximate surface area is 194 Å². The molecule has 0 aliphatic rings. The number of pyridine rings is 1. The van der Waals surface area contributed by atoms with Crippen molar-refractivity contribution in [3.63, 3.8) is 0 Å². The Kier molecular flexibility index (Phi) is 9.98. The molecule has 33 heavy (non-hydrogen) atoms. The molecule has 0 saturated carbocycles. The van der Waals surface area contributed by atoms with Crippen LogP contribution in [0.15, 0.2) is 59.8 Å². The van der Waals surface area contributed by atoms with Crippen LogP contribution in [0.4, 0.5) is 0 Å². The molecule has 8 nitrogen and oxygen atoms in total. The van der Waals surface area contributed by atoms with Crippen molar-refractivity contribution >= 4 is 5.71 Å². The molecule has 3 aromatic rings. The van der Waals surface area contributed by atoms with E-state index >= 15 is 0 Å². The summed E-state index contributed by atoms with van der Waals surface area (Å²) in [5, 5.41) is 13.9. The minimum Gasteiger partial charge on any atom is -0.504 e. The van der Waals surface area contributed by atoms with E-state index in [4.69, 9.17) is 25.8 Å². The molecule has 1 aromatic heterocycles. The number of phenolic OH excluding ortho intramolecular Hbond substituents is 1. The highest BCUT2D eigenvalue weighted by Crippen LogP contribution is 2.36. The van der Waals surface area contributed by atoms with E-state index in [1.165, 1.54) is 0 Å². The largest absolute Gasteiger partial charge is 0.504 e. The summed E-state index contributed by atoms with van der Waals surface area (Å²) in [5.41, 5.74) is 7.92. The Hall–Kier alpha value is -3.78. The highest BCUT2D eigenvalue weighted by atomic mass is 16.5. The van der Waals surface area contributed by atoms with Gasteiger partial charge in [-0.2, -0.15) is 5.10 Å². The van der Waals surface area contributed by atoms with E-state index in [9.17, 15) is 5.11 Å². The summed E-state index contributed by atoms with van der Waals surface area (Å²) in [6.45, 7) is 8.93. The van der Waals surface area contributed by atoms with Gasteiger partial charge in [0.1, 0.15) is 18.1 Å². The molecule has 0 spiro atoms. The monoisotopic (exact) mass is 452 g/mol. The Morgan fingerprint density at radius 3 is 2.48 bits per heavy atom. The normalized spacial score (nSPS) is 10.8. The van der Waals surface area contributed by atoms with Gasteiger partial charge in [0.15, 0.2) is 11.5 Å². The Morgan fingerprint density at radius 1 is 1.06 bits per heavy atom. The van der Waals surface area contributed by atoms with Gasteiger partial charge in [0.25, 0.3) is 0 Å². The van der Waals surface area contributed by atoms with E-state index in [1.807, 2.05) is 51.1 Å². The van der Waals surface area contributed by atoms with Crippen molar-refractivity contribution in [1.29, 1.82) is 0 Å². The van der Waals surface area contributed by atoms with Crippen LogP contribution in [-0.4, -0.2) is 29.0 Å². The van der Waals surface area contributed by atoms with E-state index in [1.54, 1.807) is 31.3 Å². The SMILES string of the molecule is CCN.CCOc1ccc(OCc2cccc(Oc3cc(/C(C)=N/N)ccn3)c2)c(C)c1O. The van der Waals surface area contributed by atoms with Gasteiger partial charge in [0.05, 0.1) is 12.3 Å². The molecule has 0 aliphatic carbocycles. The predicted molar refractivity (Wildman–Crippen MR) is 130 cm³/mol. The molecule has 2 aromatic carbocycles. The van der Waals surface area contributed by atoms with Gasteiger partial charge in [-0.05, 0) is 63.2 Å². The van der Waals surface area contributed by atoms with Gasteiger partial charge >= 0.3 is 0 Å².